The summed E-state index contributed by atoms with van der Waals surface area (Å²) < 4.78 is 4.84. The van der Waals surface area contributed by atoms with E-state index in [1.165, 1.54) is 12.0 Å². The molecule has 1 unspecified atom stereocenters. The summed E-state index contributed by atoms with van der Waals surface area (Å²) in [5, 5.41) is 12.4. The summed E-state index contributed by atoms with van der Waals surface area (Å²) in [6, 6.07) is 0.0539. The Balaban J connectivity index is 4.29. The van der Waals surface area contributed by atoms with Crippen LogP contribution in [0.3, 0.4) is 0 Å². The van der Waals surface area contributed by atoms with Gasteiger partial charge >= 0.3 is 0 Å². The number of rotatable bonds is 10. The van der Waals surface area contributed by atoms with Crippen LogP contribution in [0.2, 0.25) is 0 Å². The zero-order valence-corrected chi connectivity index (χ0v) is 13.8. The molecule has 0 aliphatic carbocycles. The molecule has 124 valence electrons. The molecule has 0 aromatic carbocycles. The van der Waals surface area contributed by atoms with Gasteiger partial charge in [0.2, 0.25) is 11.8 Å². The van der Waals surface area contributed by atoms with Crippen molar-refractivity contribution in [3.05, 3.63) is 0 Å². The van der Waals surface area contributed by atoms with Crippen molar-refractivity contribution in [1.29, 1.82) is 0 Å². The maximum absolute atomic E-state index is 12.1. The van der Waals surface area contributed by atoms with Gasteiger partial charge in [0.1, 0.15) is 0 Å². The van der Waals surface area contributed by atoms with Gasteiger partial charge in [0.15, 0.2) is 0 Å². The minimum Gasteiger partial charge on any atom is -0.389 e. The molecule has 0 rings (SSSR count). The van der Waals surface area contributed by atoms with Gasteiger partial charge in [0.05, 0.1) is 25.8 Å². The van der Waals surface area contributed by atoms with Crippen LogP contribution in [0.5, 0.6) is 0 Å². The Morgan fingerprint density at radius 3 is 2.38 bits per heavy atom. The number of aliphatic hydroxyl groups excluding tert-OH is 1. The number of hydrogen-bond acceptors (Lipinski definition) is 5. The molecule has 7 heteroatoms. The molecule has 0 aliphatic heterocycles. The summed E-state index contributed by atoms with van der Waals surface area (Å²) in [6.45, 7) is 6.84. The Hall–Kier alpha value is -1.18. The standard InChI is InChI=1S/C14H29N3O4/c1-6-17(8-13(19)15-11(2)3)14(20)9-16(4)7-12(18)10-21-5/h11-12,18H,6-10H2,1-5H3,(H,15,19). The molecule has 0 aromatic rings. The van der Waals surface area contributed by atoms with Crippen molar-refractivity contribution in [2.45, 2.75) is 32.9 Å². The van der Waals surface area contributed by atoms with Crippen LogP contribution in [-0.4, -0.2) is 85.8 Å². The molecule has 0 saturated carbocycles. The third-order valence-electron chi connectivity index (χ3n) is 2.81. The lowest BCUT2D eigenvalue weighted by Crippen LogP contribution is -2.46. The van der Waals surface area contributed by atoms with E-state index in [4.69, 9.17) is 4.74 Å². The number of nitrogens with zero attached hydrogens (tertiary/aromatic N) is 2. The number of hydrogen-bond donors (Lipinski definition) is 2. The summed E-state index contributed by atoms with van der Waals surface area (Å²) in [4.78, 5) is 27.1. The monoisotopic (exact) mass is 303 g/mol. The fourth-order valence-electron chi connectivity index (χ4n) is 1.92. The van der Waals surface area contributed by atoms with E-state index in [-0.39, 0.29) is 37.6 Å². The fourth-order valence-corrected chi connectivity index (χ4v) is 1.92. The van der Waals surface area contributed by atoms with Gasteiger partial charge in [-0.2, -0.15) is 0 Å². The number of methoxy groups -OCH3 is 1. The first-order valence-electron chi connectivity index (χ1n) is 7.22. The SMILES string of the molecule is CCN(CC(=O)NC(C)C)C(=O)CN(C)CC(O)COC. The van der Waals surface area contributed by atoms with Crippen LogP contribution in [0.1, 0.15) is 20.8 Å². The predicted octanol–water partition coefficient (Wildman–Crippen LogP) is -0.701. The zero-order chi connectivity index (χ0) is 16.4. The Morgan fingerprint density at radius 1 is 1.29 bits per heavy atom. The molecule has 7 nitrogen and oxygen atoms in total. The normalized spacial score (nSPS) is 12.6. The van der Waals surface area contributed by atoms with Crippen molar-refractivity contribution >= 4 is 11.8 Å². The summed E-state index contributed by atoms with van der Waals surface area (Å²) >= 11 is 0. The average molecular weight is 303 g/mol. The molecule has 0 aromatic heterocycles. The van der Waals surface area contributed by atoms with Gasteiger partial charge in [0.25, 0.3) is 0 Å². The van der Waals surface area contributed by atoms with Crippen molar-refractivity contribution in [3.63, 3.8) is 0 Å². The van der Waals surface area contributed by atoms with E-state index in [0.29, 0.717) is 13.1 Å². The van der Waals surface area contributed by atoms with E-state index in [1.54, 1.807) is 11.9 Å². The van der Waals surface area contributed by atoms with Crippen LogP contribution in [0, 0.1) is 0 Å². The highest BCUT2D eigenvalue weighted by Gasteiger charge is 2.18. The van der Waals surface area contributed by atoms with Crippen molar-refractivity contribution in [2.75, 3.05) is 46.9 Å². The van der Waals surface area contributed by atoms with Gasteiger partial charge in [-0.1, -0.05) is 0 Å². The van der Waals surface area contributed by atoms with E-state index in [1.807, 2.05) is 20.8 Å². The first-order chi connectivity index (χ1) is 9.79. The second-order valence-electron chi connectivity index (χ2n) is 5.44. The summed E-state index contributed by atoms with van der Waals surface area (Å²) in [5.41, 5.74) is 0. The number of ether oxygens (including phenoxy) is 1. The lowest BCUT2D eigenvalue weighted by molar-refractivity contribution is -0.137. The highest BCUT2D eigenvalue weighted by molar-refractivity contribution is 5.85. The van der Waals surface area contributed by atoms with Crippen LogP contribution in [0.25, 0.3) is 0 Å². The van der Waals surface area contributed by atoms with Crippen LogP contribution < -0.4 is 5.32 Å². The second kappa shape index (κ2) is 10.5. The number of amides is 2. The third-order valence-corrected chi connectivity index (χ3v) is 2.81. The van der Waals surface area contributed by atoms with E-state index >= 15 is 0 Å². The molecule has 0 bridgehead atoms. The minimum atomic E-state index is -0.632. The highest BCUT2D eigenvalue weighted by Crippen LogP contribution is 1.96. The third kappa shape index (κ3) is 9.38. The van der Waals surface area contributed by atoms with Crippen LogP contribution >= 0.6 is 0 Å². The maximum atomic E-state index is 12.1. The highest BCUT2D eigenvalue weighted by atomic mass is 16.5. The Morgan fingerprint density at radius 2 is 1.90 bits per heavy atom. The van der Waals surface area contributed by atoms with Gasteiger partial charge in [-0.25, -0.2) is 0 Å². The number of nitrogens with one attached hydrogen (secondary N) is 1. The molecule has 1 atom stereocenters. The Bertz CT molecular complexity index is 323. The minimum absolute atomic E-state index is 0.0539. The number of likely N-dealkylation sites (N-methyl/N-ethyl adjacent to an activating group) is 2. The number of carbonyl (C=O) groups excluding carboxylic acids is 2. The molecule has 0 radical (unpaired) electrons. The Labute approximate surface area is 127 Å². The predicted molar refractivity (Wildman–Crippen MR) is 80.9 cm³/mol. The Kier molecular flexibility index (Phi) is 9.94. The molecule has 2 N–H and O–H groups in total. The van der Waals surface area contributed by atoms with Crippen molar-refractivity contribution in [2.24, 2.45) is 0 Å². The van der Waals surface area contributed by atoms with Crippen molar-refractivity contribution < 1.29 is 19.4 Å². The molecule has 21 heavy (non-hydrogen) atoms. The zero-order valence-electron chi connectivity index (χ0n) is 13.8. The molecule has 0 saturated heterocycles. The first-order valence-corrected chi connectivity index (χ1v) is 7.22. The topological polar surface area (TPSA) is 82.1 Å². The maximum Gasteiger partial charge on any atom is 0.239 e. The summed E-state index contributed by atoms with van der Waals surface area (Å²) in [5.74, 6) is -0.300. The molecular formula is C14H29N3O4. The van der Waals surface area contributed by atoms with Crippen molar-refractivity contribution in [3.8, 4) is 0 Å². The average Bonchev–Trinajstić information content (AvgIpc) is 2.34. The lowest BCUT2D eigenvalue weighted by atomic mass is 10.3. The largest absolute Gasteiger partial charge is 0.389 e. The van der Waals surface area contributed by atoms with E-state index in [9.17, 15) is 14.7 Å². The van der Waals surface area contributed by atoms with E-state index in [2.05, 4.69) is 5.32 Å². The number of aliphatic hydroxyl groups is 1. The quantitative estimate of drug-likeness (QED) is 0.558. The van der Waals surface area contributed by atoms with Gasteiger partial charge in [-0.3, -0.25) is 14.5 Å². The molecule has 0 spiro atoms. The molecule has 2 amide bonds. The lowest BCUT2D eigenvalue weighted by Gasteiger charge is -2.25. The molecule has 0 aliphatic rings. The van der Waals surface area contributed by atoms with E-state index < -0.39 is 6.10 Å². The van der Waals surface area contributed by atoms with Crippen LogP contribution in [0.4, 0.5) is 0 Å². The van der Waals surface area contributed by atoms with Gasteiger partial charge in [-0.05, 0) is 27.8 Å². The van der Waals surface area contributed by atoms with Gasteiger partial charge in [0, 0.05) is 26.2 Å². The van der Waals surface area contributed by atoms with Gasteiger partial charge < -0.3 is 20.1 Å². The first kappa shape index (κ1) is 19.8. The second-order valence-corrected chi connectivity index (χ2v) is 5.44. The van der Waals surface area contributed by atoms with Crippen molar-refractivity contribution in [1.82, 2.24) is 15.1 Å². The van der Waals surface area contributed by atoms with Crippen LogP contribution in [-0.2, 0) is 14.3 Å². The fraction of sp³-hybridized carbons (Fsp3) is 0.857. The molecule has 0 fully saturated rings. The molecular weight excluding hydrogens is 274 g/mol. The van der Waals surface area contributed by atoms with Crippen LogP contribution in [0.15, 0.2) is 0 Å². The summed E-state index contributed by atoms with van der Waals surface area (Å²) in [7, 11) is 3.26. The molecule has 0 heterocycles. The number of carbonyl (C=O) groups is 2. The van der Waals surface area contributed by atoms with E-state index in [0.717, 1.165) is 0 Å². The smallest absolute Gasteiger partial charge is 0.239 e. The van der Waals surface area contributed by atoms with Gasteiger partial charge in [-0.15, -0.1) is 0 Å². The summed E-state index contributed by atoms with van der Waals surface area (Å²) in [6.07, 6.45) is -0.632.